The number of halogens is 1. The number of nitrogens with one attached hydrogen (secondary N) is 2. The van der Waals surface area contributed by atoms with Crippen molar-refractivity contribution in [1.29, 1.82) is 0 Å². The lowest BCUT2D eigenvalue weighted by Gasteiger charge is -2.16. The van der Waals surface area contributed by atoms with Crippen LogP contribution < -0.4 is 15.5 Å². The minimum absolute atomic E-state index is 0. The lowest BCUT2D eigenvalue weighted by atomic mass is 10.1. The lowest BCUT2D eigenvalue weighted by molar-refractivity contribution is 0.0531. The van der Waals surface area contributed by atoms with Crippen LogP contribution >= 0.6 is 35.3 Å². The molecule has 0 amide bonds. The summed E-state index contributed by atoms with van der Waals surface area (Å²) in [5, 5.41) is 7.52. The lowest BCUT2D eigenvalue weighted by Crippen LogP contribution is -2.38. The molecule has 1 unspecified atom stereocenters. The zero-order valence-corrected chi connectivity index (χ0v) is 23.0. The monoisotopic (exact) mass is 573 g/mol. The summed E-state index contributed by atoms with van der Waals surface area (Å²) in [6, 6.07) is 8.58. The van der Waals surface area contributed by atoms with Crippen molar-refractivity contribution in [3.05, 3.63) is 45.4 Å². The molecule has 2 N–H and O–H groups in total. The molecule has 7 nitrogen and oxygen atoms in total. The van der Waals surface area contributed by atoms with E-state index in [4.69, 9.17) is 9.73 Å². The van der Waals surface area contributed by atoms with Gasteiger partial charge in [-0.1, -0.05) is 12.1 Å². The van der Waals surface area contributed by atoms with Crippen molar-refractivity contribution in [2.24, 2.45) is 4.99 Å². The summed E-state index contributed by atoms with van der Waals surface area (Å²) >= 11 is 1.37. The number of aliphatic imine (C=N–C) groups is 1. The molecule has 2 rings (SSSR count). The molecular weight excluding hydrogens is 537 g/mol. The van der Waals surface area contributed by atoms with Gasteiger partial charge >= 0.3 is 5.97 Å². The minimum Gasteiger partial charge on any atom is -0.462 e. The minimum atomic E-state index is -0.310. The Balaban J connectivity index is 0.00000512. The quantitative estimate of drug-likeness (QED) is 0.143. The molecule has 1 heterocycles. The van der Waals surface area contributed by atoms with Gasteiger partial charge in [0.15, 0.2) is 5.96 Å². The number of carbonyl (C=O) groups is 1. The predicted molar refractivity (Wildman–Crippen MR) is 145 cm³/mol. The average molecular weight is 574 g/mol. The van der Waals surface area contributed by atoms with Crippen molar-refractivity contribution in [2.45, 2.75) is 46.6 Å². The van der Waals surface area contributed by atoms with Gasteiger partial charge in [-0.15, -0.1) is 35.3 Å². The number of ether oxygens (including phenoxy) is 1. The van der Waals surface area contributed by atoms with Crippen LogP contribution in [0.1, 0.15) is 59.2 Å². The number of hydrogen-bond acceptors (Lipinski definition) is 6. The van der Waals surface area contributed by atoms with Crippen LogP contribution in [0.2, 0.25) is 0 Å². The molecule has 2 aromatic rings. The average Bonchev–Trinajstić information content (AvgIpc) is 3.13. The number of hydrogen-bond donors (Lipinski definition) is 2. The van der Waals surface area contributed by atoms with E-state index in [0.717, 1.165) is 36.9 Å². The Morgan fingerprint density at radius 3 is 2.53 bits per heavy atom. The molecule has 1 aromatic carbocycles. The number of thiazole rings is 1. The highest BCUT2D eigenvalue weighted by Crippen LogP contribution is 2.24. The first-order chi connectivity index (χ1) is 14.8. The Morgan fingerprint density at radius 2 is 1.94 bits per heavy atom. The third kappa shape index (κ3) is 8.57. The molecule has 32 heavy (non-hydrogen) atoms. The Kier molecular flexibility index (Phi) is 12.6. The summed E-state index contributed by atoms with van der Waals surface area (Å²) in [6.07, 6.45) is 1.95. The van der Waals surface area contributed by atoms with Crippen molar-refractivity contribution >= 4 is 52.9 Å². The first-order valence-electron chi connectivity index (χ1n) is 10.8. The molecule has 0 saturated heterocycles. The Morgan fingerprint density at radius 1 is 1.25 bits per heavy atom. The number of aryl methyl sites for hydroxylation is 2. The fourth-order valence-electron chi connectivity index (χ4n) is 3.01. The van der Waals surface area contributed by atoms with Crippen LogP contribution in [0.15, 0.2) is 29.3 Å². The van der Waals surface area contributed by atoms with Crippen molar-refractivity contribution < 1.29 is 9.53 Å². The molecule has 0 bridgehead atoms. The van der Waals surface area contributed by atoms with Crippen LogP contribution in [0.4, 0.5) is 5.69 Å². The molecule has 178 valence electrons. The van der Waals surface area contributed by atoms with E-state index in [-0.39, 0.29) is 36.0 Å². The van der Waals surface area contributed by atoms with Crippen molar-refractivity contribution in [2.75, 3.05) is 38.7 Å². The predicted octanol–water partition coefficient (Wildman–Crippen LogP) is 4.56. The van der Waals surface area contributed by atoms with E-state index < -0.39 is 0 Å². The maximum atomic E-state index is 12.1. The second-order valence-corrected chi connectivity index (χ2v) is 8.51. The van der Waals surface area contributed by atoms with Gasteiger partial charge in [-0.25, -0.2) is 9.78 Å². The number of rotatable bonds is 10. The Bertz CT molecular complexity index is 868. The number of carbonyl (C=O) groups excluding carboxylic acids is 1. The van der Waals surface area contributed by atoms with Crippen molar-refractivity contribution in [1.82, 2.24) is 15.6 Å². The van der Waals surface area contributed by atoms with Gasteiger partial charge in [0, 0.05) is 32.9 Å². The highest BCUT2D eigenvalue weighted by molar-refractivity contribution is 14.0. The van der Waals surface area contributed by atoms with Crippen LogP contribution in [0.5, 0.6) is 0 Å². The van der Waals surface area contributed by atoms with Gasteiger partial charge in [-0.3, -0.25) is 4.99 Å². The molecule has 1 atom stereocenters. The molecule has 0 saturated carbocycles. The molecule has 1 aromatic heterocycles. The molecule has 0 aliphatic carbocycles. The molecule has 0 radical (unpaired) electrons. The van der Waals surface area contributed by atoms with E-state index in [9.17, 15) is 4.79 Å². The van der Waals surface area contributed by atoms with E-state index in [1.54, 1.807) is 6.92 Å². The Hall–Kier alpha value is -1.88. The SMILES string of the molecule is CCNC(=NCCCc1ccc(N(C)C)cc1)NC(C)c1nc(C)c(C(=O)OCC)s1.I. The van der Waals surface area contributed by atoms with Gasteiger partial charge < -0.3 is 20.3 Å². The van der Waals surface area contributed by atoms with Gasteiger partial charge in [-0.2, -0.15) is 0 Å². The van der Waals surface area contributed by atoms with E-state index >= 15 is 0 Å². The summed E-state index contributed by atoms with van der Waals surface area (Å²) < 4.78 is 5.11. The smallest absolute Gasteiger partial charge is 0.350 e. The number of guanidine groups is 1. The zero-order chi connectivity index (χ0) is 22.8. The van der Waals surface area contributed by atoms with E-state index in [2.05, 4.69) is 44.8 Å². The van der Waals surface area contributed by atoms with Gasteiger partial charge in [-0.05, 0) is 58.2 Å². The van der Waals surface area contributed by atoms with Crippen molar-refractivity contribution in [3.8, 4) is 0 Å². The second-order valence-electron chi connectivity index (χ2n) is 7.48. The number of nitrogens with zero attached hydrogens (tertiary/aromatic N) is 3. The third-order valence-corrected chi connectivity index (χ3v) is 6.01. The topological polar surface area (TPSA) is 78.9 Å². The highest BCUT2D eigenvalue weighted by Gasteiger charge is 2.20. The fraction of sp³-hybridized carbons (Fsp3) is 0.522. The first-order valence-corrected chi connectivity index (χ1v) is 11.6. The summed E-state index contributed by atoms with van der Waals surface area (Å²) in [7, 11) is 4.09. The Labute approximate surface area is 213 Å². The van der Waals surface area contributed by atoms with Crippen LogP contribution in [-0.2, 0) is 11.2 Å². The second kappa shape index (κ2) is 14.3. The van der Waals surface area contributed by atoms with Crippen LogP contribution in [0.25, 0.3) is 0 Å². The molecule has 0 fully saturated rings. The number of benzene rings is 1. The summed E-state index contributed by atoms with van der Waals surface area (Å²) in [6.45, 7) is 9.56. The molecule has 0 aliphatic heterocycles. The van der Waals surface area contributed by atoms with Crippen molar-refractivity contribution in [3.63, 3.8) is 0 Å². The van der Waals surface area contributed by atoms with Gasteiger partial charge in [0.25, 0.3) is 0 Å². The molecule has 9 heteroatoms. The molecule has 0 spiro atoms. The van der Waals surface area contributed by atoms with Crippen LogP contribution in [-0.4, -0.2) is 50.7 Å². The molecular formula is C23H36IN5O2S. The van der Waals surface area contributed by atoms with Crippen LogP contribution in [0, 0.1) is 6.92 Å². The maximum absolute atomic E-state index is 12.1. The van der Waals surface area contributed by atoms with E-state index in [0.29, 0.717) is 17.2 Å². The number of anilines is 1. The van der Waals surface area contributed by atoms with E-state index in [1.807, 2.05) is 34.9 Å². The summed E-state index contributed by atoms with van der Waals surface area (Å²) in [5.41, 5.74) is 3.23. The van der Waals surface area contributed by atoms with Gasteiger partial charge in [0.05, 0.1) is 18.3 Å². The standard InChI is InChI=1S/C23H35N5O2S.HI/c1-7-24-23(25-15-9-10-18-11-13-19(14-12-18)28(5)6)27-17(4)21-26-16(3)20(31-21)22(29)30-8-2;/h11-14,17H,7-10,15H2,1-6H3,(H2,24,25,27);1H. The fourth-order valence-corrected chi connectivity index (χ4v) is 3.97. The maximum Gasteiger partial charge on any atom is 0.350 e. The summed E-state index contributed by atoms with van der Waals surface area (Å²) in [5.74, 6) is 0.443. The van der Waals surface area contributed by atoms with E-state index in [1.165, 1.54) is 22.6 Å². The normalized spacial score (nSPS) is 12.0. The zero-order valence-electron chi connectivity index (χ0n) is 19.9. The number of aromatic nitrogens is 1. The largest absolute Gasteiger partial charge is 0.462 e. The third-order valence-electron chi connectivity index (χ3n) is 4.69. The molecule has 0 aliphatic rings. The van der Waals surface area contributed by atoms with Gasteiger partial charge in [0.2, 0.25) is 0 Å². The first kappa shape index (κ1) is 28.2. The summed E-state index contributed by atoms with van der Waals surface area (Å²) in [4.78, 5) is 24.0. The number of esters is 1. The highest BCUT2D eigenvalue weighted by atomic mass is 127. The van der Waals surface area contributed by atoms with Crippen LogP contribution in [0.3, 0.4) is 0 Å². The van der Waals surface area contributed by atoms with Gasteiger partial charge in [0.1, 0.15) is 9.88 Å².